The van der Waals surface area contributed by atoms with Crippen LogP contribution < -0.4 is 5.32 Å². The second-order valence-corrected chi connectivity index (χ2v) is 7.20. The molecular weight excluding hydrogens is 260 g/mol. The molecule has 1 aromatic rings. The molecule has 1 aliphatic carbocycles. The second-order valence-electron chi connectivity index (χ2n) is 6.03. The summed E-state index contributed by atoms with van der Waals surface area (Å²) in [5.41, 5.74) is 1.08. The number of rotatable bonds is 4. The Bertz CT molecular complexity index is 441. The van der Waals surface area contributed by atoms with E-state index in [1.807, 2.05) is 20.8 Å². The SMILES string of the molecule is COC(=O)C(NCc1nc2c(s1)CCC2)C(C)(C)C. The van der Waals surface area contributed by atoms with Crippen molar-refractivity contribution < 1.29 is 9.53 Å². The van der Waals surface area contributed by atoms with Crippen molar-refractivity contribution >= 4 is 17.3 Å². The number of hydrogen-bond acceptors (Lipinski definition) is 5. The molecule has 1 N–H and O–H groups in total. The van der Waals surface area contributed by atoms with Crippen molar-refractivity contribution in [1.29, 1.82) is 0 Å². The largest absolute Gasteiger partial charge is 0.468 e. The fourth-order valence-corrected chi connectivity index (χ4v) is 3.48. The zero-order valence-electron chi connectivity index (χ0n) is 12.1. The number of thiazole rings is 1. The molecule has 5 heteroatoms. The first-order valence-corrected chi connectivity index (χ1v) is 7.52. The molecule has 1 heterocycles. The molecule has 0 saturated carbocycles. The van der Waals surface area contributed by atoms with E-state index in [9.17, 15) is 4.79 Å². The van der Waals surface area contributed by atoms with Gasteiger partial charge in [-0.05, 0) is 24.7 Å². The molecule has 0 amide bonds. The molecule has 1 unspecified atom stereocenters. The molecule has 19 heavy (non-hydrogen) atoms. The van der Waals surface area contributed by atoms with Crippen LogP contribution in [0, 0.1) is 5.41 Å². The normalized spacial score (nSPS) is 16.2. The van der Waals surface area contributed by atoms with Crippen LogP contribution >= 0.6 is 11.3 Å². The van der Waals surface area contributed by atoms with Crippen LogP contribution in [-0.2, 0) is 28.9 Å². The van der Waals surface area contributed by atoms with E-state index in [0.717, 1.165) is 17.8 Å². The second kappa shape index (κ2) is 5.59. The molecule has 0 radical (unpaired) electrons. The van der Waals surface area contributed by atoms with Gasteiger partial charge in [-0.3, -0.25) is 10.1 Å². The Balaban J connectivity index is 2.00. The van der Waals surface area contributed by atoms with Gasteiger partial charge in [-0.15, -0.1) is 11.3 Å². The fourth-order valence-electron chi connectivity index (χ4n) is 2.37. The number of carbonyl (C=O) groups is 1. The molecule has 0 aliphatic heterocycles. The lowest BCUT2D eigenvalue weighted by atomic mass is 9.87. The number of nitrogens with zero attached hydrogens (tertiary/aromatic N) is 1. The Morgan fingerprint density at radius 2 is 2.21 bits per heavy atom. The van der Waals surface area contributed by atoms with E-state index in [2.05, 4.69) is 10.3 Å². The van der Waals surface area contributed by atoms with Crippen molar-refractivity contribution in [2.24, 2.45) is 5.41 Å². The summed E-state index contributed by atoms with van der Waals surface area (Å²) in [5.74, 6) is -0.211. The first-order valence-electron chi connectivity index (χ1n) is 6.70. The quantitative estimate of drug-likeness (QED) is 0.861. The third-order valence-corrected chi connectivity index (χ3v) is 4.56. The van der Waals surface area contributed by atoms with E-state index < -0.39 is 0 Å². The highest BCUT2D eigenvalue weighted by molar-refractivity contribution is 7.11. The molecule has 1 aromatic heterocycles. The molecule has 1 aliphatic rings. The van der Waals surface area contributed by atoms with E-state index in [-0.39, 0.29) is 17.4 Å². The minimum absolute atomic E-state index is 0.174. The molecule has 1 atom stereocenters. The first-order chi connectivity index (χ1) is 8.91. The molecule has 2 rings (SSSR count). The number of esters is 1. The minimum Gasteiger partial charge on any atom is -0.468 e. The third-order valence-electron chi connectivity index (χ3n) is 3.40. The molecule has 0 spiro atoms. The van der Waals surface area contributed by atoms with Gasteiger partial charge in [0.25, 0.3) is 0 Å². The summed E-state index contributed by atoms with van der Waals surface area (Å²) < 4.78 is 4.87. The average molecular weight is 282 g/mol. The van der Waals surface area contributed by atoms with Crippen molar-refractivity contribution in [3.8, 4) is 0 Å². The lowest BCUT2D eigenvalue weighted by molar-refractivity contribution is -0.146. The monoisotopic (exact) mass is 282 g/mol. The van der Waals surface area contributed by atoms with E-state index in [1.54, 1.807) is 11.3 Å². The number of hydrogen-bond donors (Lipinski definition) is 1. The van der Waals surface area contributed by atoms with E-state index in [0.29, 0.717) is 6.54 Å². The van der Waals surface area contributed by atoms with Crippen LogP contribution in [0.3, 0.4) is 0 Å². The van der Waals surface area contributed by atoms with Gasteiger partial charge in [0.05, 0.1) is 12.8 Å². The van der Waals surface area contributed by atoms with Gasteiger partial charge in [-0.2, -0.15) is 0 Å². The summed E-state index contributed by atoms with van der Waals surface area (Å²) in [7, 11) is 1.43. The van der Waals surface area contributed by atoms with E-state index >= 15 is 0 Å². The Labute approximate surface area is 118 Å². The van der Waals surface area contributed by atoms with Crippen LogP contribution in [0.4, 0.5) is 0 Å². The van der Waals surface area contributed by atoms with Gasteiger partial charge in [0.2, 0.25) is 0 Å². The lowest BCUT2D eigenvalue weighted by Gasteiger charge is -2.28. The van der Waals surface area contributed by atoms with Crippen LogP contribution in [0.2, 0.25) is 0 Å². The number of aromatic nitrogens is 1. The van der Waals surface area contributed by atoms with Crippen LogP contribution in [0.25, 0.3) is 0 Å². The van der Waals surface area contributed by atoms with Gasteiger partial charge in [0.1, 0.15) is 11.0 Å². The Morgan fingerprint density at radius 3 is 2.79 bits per heavy atom. The first kappa shape index (κ1) is 14.5. The van der Waals surface area contributed by atoms with Gasteiger partial charge >= 0.3 is 5.97 Å². The molecule has 0 saturated heterocycles. The van der Waals surface area contributed by atoms with Crippen molar-refractivity contribution in [2.75, 3.05) is 7.11 Å². The maximum absolute atomic E-state index is 11.8. The maximum Gasteiger partial charge on any atom is 0.323 e. The fraction of sp³-hybridized carbons (Fsp3) is 0.714. The predicted molar refractivity (Wildman–Crippen MR) is 76.2 cm³/mol. The highest BCUT2D eigenvalue weighted by Gasteiger charge is 2.32. The van der Waals surface area contributed by atoms with Gasteiger partial charge in [0, 0.05) is 11.4 Å². The summed E-state index contributed by atoms with van der Waals surface area (Å²) >= 11 is 1.77. The van der Waals surface area contributed by atoms with E-state index in [4.69, 9.17) is 4.74 Å². The van der Waals surface area contributed by atoms with Crippen LogP contribution in [0.5, 0.6) is 0 Å². The number of fused-ring (bicyclic) bond motifs is 1. The number of ether oxygens (including phenoxy) is 1. The average Bonchev–Trinajstić information content (AvgIpc) is 2.87. The molecule has 4 nitrogen and oxygen atoms in total. The third kappa shape index (κ3) is 3.34. The zero-order valence-corrected chi connectivity index (χ0v) is 12.9. The summed E-state index contributed by atoms with van der Waals surface area (Å²) in [5, 5.41) is 4.36. The maximum atomic E-state index is 11.8. The van der Waals surface area contributed by atoms with Crippen molar-refractivity contribution in [3.63, 3.8) is 0 Å². The van der Waals surface area contributed by atoms with Gasteiger partial charge < -0.3 is 4.74 Å². The van der Waals surface area contributed by atoms with Crippen molar-refractivity contribution in [1.82, 2.24) is 10.3 Å². The van der Waals surface area contributed by atoms with Crippen LogP contribution in [0.15, 0.2) is 0 Å². The number of nitrogens with one attached hydrogen (secondary N) is 1. The summed E-state index contributed by atoms with van der Waals surface area (Å²) in [4.78, 5) is 17.9. The van der Waals surface area contributed by atoms with Crippen molar-refractivity contribution in [2.45, 2.75) is 52.6 Å². The van der Waals surface area contributed by atoms with Crippen LogP contribution in [0.1, 0.15) is 42.8 Å². The summed E-state index contributed by atoms with van der Waals surface area (Å²) in [6.45, 7) is 6.73. The predicted octanol–water partition coefficient (Wildman–Crippen LogP) is 2.31. The lowest BCUT2D eigenvalue weighted by Crippen LogP contribution is -2.46. The minimum atomic E-state index is -0.309. The molecule has 0 bridgehead atoms. The number of methoxy groups -OCH3 is 1. The van der Waals surface area contributed by atoms with Gasteiger partial charge in [0.15, 0.2) is 0 Å². The number of carbonyl (C=O) groups excluding carboxylic acids is 1. The number of aryl methyl sites for hydroxylation is 2. The topological polar surface area (TPSA) is 51.2 Å². The van der Waals surface area contributed by atoms with E-state index in [1.165, 1.54) is 24.1 Å². The van der Waals surface area contributed by atoms with Gasteiger partial charge in [-0.25, -0.2) is 4.98 Å². The Kier molecular flexibility index (Phi) is 4.26. The Hall–Kier alpha value is -0.940. The standard InChI is InChI=1S/C14H22N2O2S/c1-14(2,3)12(13(17)18-4)15-8-11-16-9-6-5-7-10(9)19-11/h12,15H,5-8H2,1-4H3. The smallest absolute Gasteiger partial charge is 0.323 e. The summed E-state index contributed by atoms with van der Waals surface area (Å²) in [6, 6.07) is -0.309. The molecule has 106 valence electrons. The van der Waals surface area contributed by atoms with Crippen LogP contribution in [-0.4, -0.2) is 24.1 Å². The highest BCUT2D eigenvalue weighted by Crippen LogP contribution is 2.28. The zero-order chi connectivity index (χ0) is 14.0. The molecule has 0 fully saturated rings. The summed E-state index contributed by atoms with van der Waals surface area (Å²) in [6.07, 6.45) is 3.49. The Morgan fingerprint density at radius 1 is 1.47 bits per heavy atom. The molecular formula is C14H22N2O2S. The van der Waals surface area contributed by atoms with Gasteiger partial charge in [-0.1, -0.05) is 20.8 Å². The van der Waals surface area contributed by atoms with Crippen molar-refractivity contribution in [3.05, 3.63) is 15.6 Å². The highest BCUT2D eigenvalue weighted by atomic mass is 32.1. The molecule has 0 aromatic carbocycles.